The molecule has 1 unspecified atom stereocenters. The van der Waals surface area contributed by atoms with Crippen molar-refractivity contribution < 1.29 is 0 Å². The third-order valence-corrected chi connectivity index (χ3v) is 3.86. The third-order valence-electron chi connectivity index (χ3n) is 2.86. The van der Waals surface area contributed by atoms with Crippen molar-refractivity contribution in [2.45, 2.75) is 13.0 Å². The van der Waals surface area contributed by atoms with Gasteiger partial charge in [0.1, 0.15) is 0 Å². The Kier molecular flexibility index (Phi) is 4.15. The monoisotopic (exact) mass is 280 g/mol. The van der Waals surface area contributed by atoms with Gasteiger partial charge in [0.05, 0.1) is 10.7 Å². The fourth-order valence-electron chi connectivity index (χ4n) is 1.81. The molecule has 2 aromatic rings. The first-order valence-electron chi connectivity index (χ1n) is 5.83. The molecule has 18 heavy (non-hydrogen) atoms. The molecule has 2 nitrogen and oxygen atoms in total. The molecule has 1 atom stereocenters. The predicted molar refractivity (Wildman–Crippen MR) is 82.1 cm³/mol. The van der Waals surface area contributed by atoms with Crippen LogP contribution in [0.1, 0.15) is 18.5 Å². The molecule has 0 aliphatic carbocycles. The number of thiophene rings is 1. The number of anilines is 2. The van der Waals surface area contributed by atoms with Crippen LogP contribution in [0.3, 0.4) is 0 Å². The van der Waals surface area contributed by atoms with E-state index in [2.05, 4.69) is 35.1 Å². The van der Waals surface area contributed by atoms with Gasteiger partial charge in [-0.2, -0.15) is 11.3 Å². The van der Waals surface area contributed by atoms with Crippen LogP contribution in [-0.2, 0) is 0 Å². The van der Waals surface area contributed by atoms with E-state index in [1.807, 2.05) is 31.1 Å². The van der Waals surface area contributed by atoms with E-state index in [1.54, 1.807) is 11.3 Å². The lowest BCUT2D eigenvalue weighted by molar-refractivity contribution is 0.890. The zero-order valence-electron chi connectivity index (χ0n) is 10.8. The van der Waals surface area contributed by atoms with Gasteiger partial charge in [0.2, 0.25) is 0 Å². The second kappa shape index (κ2) is 5.63. The molecule has 0 radical (unpaired) electrons. The summed E-state index contributed by atoms with van der Waals surface area (Å²) in [6.45, 7) is 2.15. The minimum Gasteiger partial charge on any atom is -0.378 e. The number of hydrogen-bond acceptors (Lipinski definition) is 3. The second-order valence-electron chi connectivity index (χ2n) is 4.48. The summed E-state index contributed by atoms with van der Waals surface area (Å²) in [6.07, 6.45) is 0. The molecule has 0 saturated heterocycles. The molecule has 1 heterocycles. The van der Waals surface area contributed by atoms with Crippen LogP contribution in [0.25, 0.3) is 0 Å². The number of halogens is 1. The summed E-state index contributed by atoms with van der Waals surface area (Å²) in [5, 5.41) is 8.47. The van der Waals surface area contributed by atoms with Gasteiger partial charge < -0.3 is 10.2 Å². The van der Waals surface area contributed by atoms with Crippen molar-refractivity contribution in [1.82, 2.24) is 0 Å². The molecular weight excluding hydrogens is 264 g/mol. The van der Waals surface area contributed by atoms with Crippen LogP contribution in [-0.4, -0.2) is 14.1 Å². The fourth-order valence-corrected chi connectivity index (χ4v) is 2.92. The smallest absolute Gasteiger partial charge is 0.0659 e. The van der Waals surface area contributed by atoms with Gasteiger partial charge in [0.25, 0.3) is 0 Å². The largest absolute Gasteiger partial charge is 0.378 e. The van der Waals surface area contributed by atoms with E-state index in [4.69, 9.17) is 11.6 Å². The van der Waals surface area contributed by atoms with Crippen LogP contribution >= 0.6 is 22.9 Å². The molecule has 1 aromatic carbocycles. The highest BCUT2D eigenvalue weighted by molar-refractivity contribution is 7.08. The molecule has 0 aliphatic heterocycles. The maximum atomic E-state index is 6.25. The van der Waals surface area contributed by atoms with E-state index >= 15 is 0 Å². The summed E-state index contributed by atoms with van der Waals surface area (Å²) in [6, 6.07) is 8.49. The lowest BCUT2D eigenvalue weighted by Crippen LogP contribution is -2.10. The molecule has 1 aromatic heterocycles. The van der Waals surface area contributed by atoms with Crippen LogP contribution in [0.2, 0.25) is 5.02 Å². The zero-order chi connectivity index (χ0) is 13.1. The van der Waals surface area contributed by atoms with Gasteiger partial charge in [-0.05, 0) is 47.5 Å². The predicted octanol–water partition coefficient (Wildman–Crippen LogP) is 4.64. The first kappa shape index (κ1) is 13.2. The highest BCUT2D eigenvalue weighted by Crippen LogP contribution is 2.29. The van der Waals surface area contributed by atoms with Crippen molar-refractivity contribution in [3.05, 3.63) is 45.6 Å². The fraction of sp³-hybridized carbons (Fsp3) is 0.286. The van der Waals surface area contributed by atoms with Crippen LogP contribution < -0.4 is 10.2 Å². The van der Waals surface area contributed by atoms with Crippen LogP contribution in [0.5, 0.6) is 0 Å². The normalized spacial score (nSPS) is 12.2. The van der Waals surface area contributed by atoms with Crippen molar-refractivity contribution in [2.75, 3.05) is 24.3 Å². The molecular formula is C14H17ClN2S. The van der Waals surface area contributed by atoms with Gasteiger partial charge in [0.15, 0.2) is 0 Å². The van der Waals surface area contributed by atoms with Gasteiger partial charge in [0, 0.05) is 25.8 Å². The van der Waals surface area contributed by atoms with Crippen LogP contribution in [0, 0.1) is 0 Å². The summed E-state index contributed by atoms with van der Waals surface area (Å²) in [4.78, 5) is 2.01. The highest BCUT2D eigenvalue weighted by Gasteiger charge is 2.08. The van der Waals surface area contributed by atoms with E-state index in [9.17, 15) is 0 Å². The quantitative estimate of drug-likeness (QED) is 0.878. The van der Waals surface area contributed by atoms with Gasteiger partial charge >= 0.3 is 0 Å². The first-order valence-corrected chi connectivity index (χ1v) is 7.15. The molecule has 0 amide bonds. The second-order valence-corrected chi connectivity index (χ2v) is 5.67. The van der Waals surface area contributed by atoms with Gasteiger partial charge in [-0.1, -0.05) is 11.6 Å². The average Bonchev–Trinajstić information content (AvgIpc) is 2.81. The lowest BCUT2D eigenvalue weighted by atomic mass is 10.1. The molecule has 0 fully saturated rings. The molecule has 1 N–H and O–H groups in total. The Bertz CT molecular complexity index is 509. The van der Waals surface area contributed by atoms with Gasteiger partial charge in [-0.3, -0.25) is 0 Å². The van der Waals surface area contributed by atoms with E-state index < -0.39 is 0 Å². The van der Waals surface area contributed by atoms with E-state index in [0.717, 1.165) is 16.4 Å². The Balaban J connectivity index is 2.13. The summed E-state index contributed by atoms with van der Waals surface area (Å²) in [5.41, 5.74) is 3.38. The molecule has 96 valence electrons. The molecule has 0 spiro atoms. The average molecular weight is 281 g/mol. The molecule has 0 aliphatic rings. The van der Waals surface area contributed by atoms with Crippen LogP contribution in [0.15, 0.2) is 35.0 Å². The van der Waals surface area contributed by atoms with Crippen molar-refractivity contribution in [3.63, 3.8) is 0 Å². The number of nitrogens with zero attached hydrogens (tertiary/aromatic N) is 1. The third kappa shape index (κ3) is 2.98. The number of rotatable bonds is 4. The Morgan fingerprint density at radius 2 is 2.06 bits per heavy atom. The van der Waals surface area contributed by atoms with E-state index in [-0.39, 0.29) is 6.04 Å². The Labute approximate surface area is 117 Å². The lowest BCUT2D eigenvalue weighted by Gasteiger charge is -2.18. The topological polar surface area (TPSA) is 15.3 Å². The summed E-state index contributed by atoms with van der Waals surface area (Å²) in [7, 11) is 3.98. The van der Waals surface area contributed by atoms with E-state index in [0.29, 0.717) is 0 Å². The van der Waals surface area contributed by atoms with Crippen LogP contribution in [0.4, 0.5) is 11.4 Å². The summed E-state index contributed by atoms with van der Waals surface area (Å²) < 4.78 is 0. The van der Waals surface area contributed by atoms with Gasteiger partial charge in [-0.15, -0.1) is 0 Å². The molecule has 2 rings (SSSR count). The SMILES string of the molecule is CC(Nc1ccc(N(C)C)c(Cl)c1)c1ccsc1. The first-order chi connectivity index (χ1) is 8.58. The number of benzene rings is 1. The van der Waals surface area contributed by atoms with Gasteiger partial charge in [-0.25, -0.2) is 0 Å². The Hall–Kier alpha value is -1.19. The summed E-state index contributed by atoms with van der Waals surface area (Å²) in [5.74, 6) is 0. The maximum Gasteiger partial charge on any atom is 0.0659 e. The maximum absolute atomic E-state index is 6.25. The van der Waals surface area contributed by atoms with Crippen molar-refractivity contribution in [1.29, 1.82) is 0 Å². The van der Waals surface area contributed by atoms with Crippen molar-refractivity contribution in [2.24, 2.45) is 0 Å². The minimum absolute atomic E-state index is 0.289. The number of nitrogens with one attached hydrogen (secondary N) is 1. The van der Waals surface area contributed by atoms with Crippen molar-refractivity contribution >= 4 is 34.3 Å². The molecule has 0 saturated carbocycles. The Morgan fingerprint density at radius 3 is 2.61 bits per heavy atom. The Morgan fingerprint density at radius 1 is 1.28 bits per heavy atom. The molecule has 4 heteroatoms. The number of hydrogen-bond donors (Lipinski definition) is 1. The molecule has 0 bridgehead atoms. The summed E-state index contributed by atoms with van der Waals surface area (Å²) >= 11 is 7.97. The van der Waals surface area contributed by atoms with E-state index in [1.165, 1.54) is 5.56 Å². The highest BCUT2D eigenvalue weighted by atomic mass is 35.5. The minimum atomic E-state index is 0.289. The standard InChI is InChI=1S/C14H17ClN2S/c1-10(11-6-7-18-9-11)16-12-4-5-14(17(2)3)13(15)8-12/h4-10,16H,1-3H3. The van der Waals surface area contributed by atoms with Crippen molar-refractivity contribution in [3.8, 4) is 0 Å². The zero-order valence-corrected chi connectivity index (χ0v) is 12.3.